The van der Waals surface area contributed by atoms with Gasteiger partial charge in [0.05, 0.1) is 16.7 Å². The third-order valence-electron chi connectivity index (χ3n) is 2.26. The van der Waals surface area contributed by atoms with E-state index in [0.717, 1.165) is 0 Å². The Labute approximate surface area is 114 Å². The molecular formula is C13H9ClN4O. The molecule has 2 aromatic rings. The van der Waals surface area contributed by atoms with E-state index in [1.54, 1.807) is 36.4 Å². The molecule has 0 bridgehead atoms. The van der Waals surface area contributed by atoms with Crippen LogP contribution in [0.3, 0.4) is 0 Å². The number of hydrogen-bond donors (Lipinski definition) is 2. The van der Waals surface area contributed by atoms with Gasteiger partial charge in [-0.05, 0) is 36.4 Å². The number of halogens is 1. The van der Waals surface area contributed by atoms with E-state index in [1.807, 2.05) is 6.07 Å². The highest BCUT2D eigenvalue weighted by atomic mass is 35.5. The quantitative estimate of drug-likeness (QED) is 0.881. The molecule has 1 heterocycles. The van der Waals surface area contributed by atoms with Gasteiger partial charge in [-0.1, -0.05) is 11.6 Å². The minimum absolute atomic E-state index is 0.287. The minimum atomic E-state index is -0.453. The van der Waals surface area contributed by atoms with Crippen molar-refractivity contribution in [2.75, 3.05) is 10.6 Å². The highest BCUT2D eigenvalue weighted by Crippen LogP contribution is 2.17. The second-order valence-corrected chi connectivity index (χ2v) is 4.01. The predicted molar refractivity (Wildman–Crippen MR) is 73.0 cm³/mol. The lowest BCUT2D eigenvalue weighted by molar-refractivity contribution is 0.262. The molecule has 6 heteroatoms. The van der Waals surface area contributed by atoms with Gasteiger partial charge < -0.3 is 5.32 Å². The third kappa shape index (κ3) is 3.44. The van der Waals surface area contributed by atoms with Crippen molar-refractivity contribution in [2.24, 2.45) is 0 Å². The molecule has 0 saturated carbocycles. The molecule has 0 aliphatic rings. The lowest BCUT2D eigenvalue weighted by Crippen LogP contribution is -2.20. The molecule has 0 aliphatic heterocycles. The number of amides is 2. The molecule has 2 amide bonds. The van der Waals surface area contributed by atoms with Crippen LogP contribution in [0.1, 0.15) is 5.56 Å². The molecule has 0 spiro atoms. The summed E-state index contributed by atoms with van der Waals surface area (Å²) < 4.78 is 0. The Kier molecular flexibility index (Phi) is 3.96. The van der Waals surface area contributed by atoms with Crippen LogP contribution in [-0.2, 0) is 0 Å². The van der Waals surface area contributed by atoms with Crippen LogP contribution in [-0.4, -0.2) is 11.0 Å². The molecule has 0 fully saturated rings. The summed E-state index contributed by atoms with van der Waals surface area (Å²) in [7, 11) is 0. The molecule has 0 saturated heterocycles. The van der Waals surface area contributed by atoms with Crippen LogP contribution in [0.2, 0.25) is 5.02 Å². The van der Waals surface area contributed by atoms with Gasteiger partial charge in [0.15, 0.2) is 5.82 Å². The molecule has 5 nitrogen and oxygen atoms in total. The number of carbonyl (C=O) groups excluding carboxylic acids is 1. The van der Waals surface area contributed by atoms with E-state index < -0.39 is 6.03 Å². The second kappa shape index (κ2) is 5.85. The summed E-state index contributed by atoms with van der Waals surface area (Å²) >= 11 is 5.87. The zero-order valence-corrected chi connectivity index (χ0v) is 10.5. The van der Waals surface area contributed by atoms with Crippen molar-refractivity contribution in [3.8, 4) is 6.07 Å². The topological polar surface area (TPSA) is 77.8 Å². The van der Waals surface area contributed by atoms with E-state index in [-0.39, 0.29) is 5.82 Å². The maximum atomic E-state index is 11.7. The van der Waals surface area contributed by atoms with Gasteiger partial charge in [0, 0.05) is 11.9 Å². The molecule has 2 rings (SSSR count). The molecule has 94 valence electrons. The first-order chi connectivity index (χ1) is 9.19. The van der Waals surface area contributed by atoms with Gasteiger partial charge in [0.2, 0.25) is 0 Å². The van der Waals surface area contributed by atoms with E-state index in [4.69, 9.17) is 16.9 Å². The molecule has 2 N–H and O–H groups in total. The van der Waals surface area contributed by atoms with Crippen LogP contribution in [0.5, 0.6) is 0 Å². The summed E-state index contributed by atoms with van der Waals surface area (Å²) in [5.74, 6) is 0.287. The molecule has 0 atom stereocenters. The van der Waals surface area contributed by atoms with Crippen LogP contribution in [0.25, 0.3) is 0 Å². The summed E-state index contributed by atoms with van der Waals surface area (Å²) in [6, 6.07) is 11.4. The van der Waals surface area contributed by atoms with Crippen molar-refractivity contribution in [3.63, 3.8) is 0 Å². The fourth-order valence-corrected chi connectivity index (χ4v) is 1.54. The Bertz CT molecular complexity index is 634. The number of pyridine rings is 1. The number of carbonyl (C=O) groups is 1. The molecular weight excluding hydrogens is 264 g/mol. The van der Waals surface area contributed by atoms with Gasteiger partial charge in [-0.2, -0.15) is 5.26 Å². The smallest absolute Gasteiger partial charge is 0.308 e. The van der Waals surface area contributed by atoms with Gasteiger partial charge in [-0.3, -0.25) is 5.32 Å². The summed E-state index contributed by atoms with van der Waals surface area (Å²) in [5, 5.41) is 14.2. The van der Waals surface area contributed by atoms with Crippen LogP contribution in [0.15, 0.2) is 42.6 Å². The van der Waals surface area contributed by atoms with Crippen molar-refractivity contribution < 1.29 is 4.79 Å². The van der Waals surface area contributed by atoms with Gasteiger partial charge >= 0.3 is 6.03 Å². The van der Waals surface area contributed by atoms with Crippen molar-refractivity contribution in [3.05, 3.63) is 53.2 Å². The first-order valence-electron chi connectivity index (χ1n) is 5.38. The van der Waals surface area contributed by atoms with Crippen LogP contribution in [0, 0.1) is 11.3 Å². The lowest BCUT2D eigenvalue weighted by atomic mass is 10.2. The predicted octanol–water partition coefficient (Wildman–Crippen LogP) is 3.25. The number of urea groups is 1. The monoisotopic (exact) mass is 272 g/mol. The minimum Gasteiger partial charge on any atom is -0.308 e. The molecule has 1 aromatic heterocycles. The number of nitrogens with one attached hydrogen (secondary N) is 2. The fourth-order valence-electron chi connectivity index (χ4n) is 1.38. The highest BCUT2D eigenvalue weighted by molar-refractivity contribution is 6.33. The van der Waals surface area contributed by atoms with Crippen molar-refractivity contribution in [1.29, 1.82) is 5.26 Å². The van der Waals surface area contributed by atoms with Crippen molar-refractivity contribution in [2.45, 2.75) is 0 Å². The maximum absolute atomic E-state index is 11.7. The molecule has 0 radical (unpaired) electrons. The Balaban J connectivity index is 2.01. The van der Waals surface area contributed by atoms with Gasteiger partial charge in [0.1, 0.15) is 0 Å². The third-order valence-corrected chi connectivity index (χ3v) is 2.57. The number of aromatic nitrogens is 1. The molecule has 0 aliphatic carbocycles. The molecule has 1 aromatic carbocycles. The number of rotatable bonds is 2. The summed E-state index contributed by atoms with van der Waals surface area (Å²) in [4.78, 5) is 15.6. The van der Waals surface area contributed by atoms with E-state index in [9.17, 15) is 4.79 Å². The largest absolute Gasteiger partial charge is 0.324 e. The first kappa shape index (κ1) is 12.9. The highest BCUT2D eigenvalue weighted by Gasteiger charge is 2.06. The number of anilines is 2. The average Bonchev–Trinajstić information content (AvgIpc) is 2.42. The normalized spacial score (nSPS) is 9.47. The number of benzene rings is 1. The summed E-state index contributed by atoms with van der Waals surface area (Å²) in [6.07, 6.45) is 1.53. The van der Waals surface area contributed by atoms with Gasteiger partial charge in [-0.25, -0.2) is 9.78 Å². The fraction of sp³-hybridized carbons (Fsp3) is 0. The van der Waals surface area contributed by atoms with E-state index in [2.05, 4.69) is 15.6 Å². The Morgan fingerprint density at radius 2 is 1.95 bits per heavy atom. The number of hydrogen-bond acceptors (Lipinski definition) is 3. The Hall–Kier alpha value is -2.58. The Morgan fingerprint density at radius 3 is 2.58 bits per heavy atom. The van der Waals surface area contributed by atoms with E-state index in [1.165, 1.54) is 6.20 Å². The standard InChI is InChI=1S/C13H9ClN4O/c14-11-2-1-7-16-12(11)18-13(19)17-10-5-3-9(8-15)4-6-10/h1-7H,(H2,16,17,18,19). The lowest BCUT2D eigenvalue weighted by Gasteiger charge is -2.07. The van der Waals surface area contributed by atoms with Crippen LogP contribution >= 0.6 is 11.6 Å². The van der Waals surface area contributed by atoms with Crippen LogP contribution < -0.4 is 10.6 Å². The maximum Gasteiger partial charge on any atom is 0.324 e. The summed E-state index contributed by atoms with van der Waals surface area (Å²) in [6.45, 7) is 0. The SMILES string of the molecule is N#Cc1ccc(NC(=O)Nc2ncccc2Cl)cc1. The van der Waals surface area contributed by atoms with Crippen LogP contribution in [0.4, 0.5) is 16.3 Å². The molecule has 19 heavy (non-hydrogen) atoms. The van der Waals surface area contributed by atoms with Gasteiger partial charge in [-0.15, -0.1) is 0 Å². The average molecular weight is 273 g/mol. The summed E-state index contributed by atoms with van der Waals surface area (Å²) in [5.41, 5.74) is 1.10. The number of nitriles is 1. The number of nitrogens with zero attached hydrogens (tertiary/aromatic N) is 2. The van der Waals surface area contributed by atoms with Crippen molar-refractivity contribution in [1.82, 2.24) is 4.98 Å². The zero-order valence-electron chi connectivity index (χ0n) is 9.72. The van der Waals surface area contributed by atoms with E-state index >= 15 is 0 Å². The van der Waals surface area contributed by atoms with Crippen molar-refractivity contribution >= 4 is 29.1 Å². The van der Waals surface area contributed by atoms with Gasteiger partial charge in [0.25, 0.3) is 0 Å². The Morgan fingerprint density at radius 1 is 1.21 bits per heavy atom. The molecule has 0 unspecified atom stereocenters. The van der Waals surface area contributed by atoms with E-state index in [0.29, 0.717) is 16.3 Å². The second-order valence-electron chi connectivity index (χ2n) is 3.60. The first-order valence-corrected chi connectivity index (χ1v) is 5.75. The zero-order chi connectivity index (χ0) is 13.7.